The van der Waals surface area contributed by atoms with E-state index in [1.54, 1.807) is 12.1 Å². The molecule has 1 atom stereocenters. The Kier molecular flexibility index (Phi) is 5.19. The van der Waals surface area contributed by atoms with Crippen LogP contribution >= 0.6 is 0 Å². The Bertz CT molecular complexity index is 268. The molecule has 84 valence electrons. The van der Waals surface area contributed by atoms with E-state index in [0.29, 0.717) is 11.7 Å². The summed E-state index contributed by atoms with van der Waals surface area (Å²) >= 11 is 0. The summed E-state index contributed by atoms with van der Waals surface area (Å²) in [6.07, 6.45) is 2.48. The molecule has 0 aliphatic carbocycles. The quantitative estimate of drug-likeness (QED) is 0.703. The molecule has 1 rings (SSSR count). The minimum absolute atomic E-state index is 0.338. The largest absolute Gasteiger partial charge is 0.508 e. The van der Waals surface area contributed by atoms with Crippen LogP contribution in [0.1, 0.15) is 38.2 Å². The molecule has 0 unspecified atom stereocenters. The van der Waals surface area contributed by atoms with Crippen LogP contribution in [0.15, 0.2) is 24.3 Å². The topological polar surface area (TPSA) is 32.3 Å². The van der Waals surface area contributed by atoms with E-state index in [0.717, 1.165) is 13.1 Å². The number of phenolic OH excluding ortho intramolecular Hbond substituents is 1. The lowest BCUT2D eigenvalue weighted by molar-refractivity contribution is 0.474. The monoisotopic (exact) mass is 207 g/mol. The molecular weight excluding hydrogens is 186 g/mol. The molecule has 0 spiro atoms. The van der Waals surface area contributed by atoms with Gasteiger partial charge in [-0.1, -0.05) is 32.4 Å². The first-order chi connectivity index (χ1) is 7.24. The normalized spacial score (nSPS) is 12.7. The van der Waals surface area contributed by atoms with Crippen molar-refractivity contribution in [2.45, 2.75) is 32.6 Å². The molecule has 0 aromatic heterocycles. The van der Waals surface area contributed by atoms with E-state index in [4.69, 9.17) is 5.11 Å². The Morgan fingerprint density at radius 3 is 2.53 bits per heavy atom. The van der Waals surface area contributed by atoms with Crippen LogP contribution < -0.4 is 5.32 Å². The van der Waals surface area contributed by atoms with Gasteiger partial charge in [-0.3, -0.25) is 0 Å². The second-order valence-corrected chi connectivity index (χ2v) is 4.05. The summed E-state index contributed by atoms with van der Waals surface area (Å²) in [5.74, 6) is 0.840. The van der Waals surface area contributed by atoms with E-state index in [1.807, 2.05) is 12.1 Å². The van der Waals surface area contributed by atoms with Gasteiger partial charge in [-0.25, -0.2) is 0 Å². The van der Waals surface area contributed by atoms with Crippen molar-refractivity contribution in [3.05, 3.63) is 29.8 Å². The molecule has 0 saturated heterocycles. The van der Waals surface area contributed by atoms with Gasteiger partial charge in [-0.2, -0.15) is 0 Å². The second-order valence-electron chi connectivity index (χ2n) is 4.05. The van der Waals surface area contributed by atoms with E-state index in [2.05, 4.69) is 19.2 Å². The van der Waals surface area contributed by atoms with E-state index >= 15 is 0 Å². The predicted molar refractivity (Wildman–Crippen MR) is 64.3 cm³/mol. The predicted octanol–water partition coefficient (Wildman–Crippen LogP) is 2.89. The summed E-state index contributed by atoms with van der Waals surface area (Å²) in [6.45, 7) is 6.50. The first kappa shape index (κ1) is 12.1. The van der Waals surface area contributed by atoms with Crippen molar-refractivity contribution in [3.8, 4) is 5.75 Å². The second kappa shape index (κ2) is 6.46. The van der Waals surface area contributed by atoms with Gasteiger partial charge in [0.2, 0.25) is 0 Å². The molecule has 0 aliphatic rings. The minimum Gasteiger partial charge on any atom is -0.508 e. The Morgan fingerprint density at radius 2 is 1.93 bits per heavy atom. The van der Waals surface area contributed by atoms with Crippen LogP contribution in [-0.2, 0) is 0 Å². The van der Waals surface area contributed by atoms with Crippen molar-refractivity contribution in [1.29, 1.82) is 0 Å². The van der Waals surface area contributed by atoms with Gasteiger partial charge in [0.1, 0.15) is 5.75 Å². The average molecular weight is 207 g/mol. The fourth-order valence-electron chi connectivity index (χ4n) is 1.54. The van der Waals surface area contributed by atoms with Crippen LogP contribution in [0, 0.1) is 0 Å². The average Bonchev–Trinajstić information content (AvgIpc) is 2.25. The summed E-state index contributed by atoms with van der Waals surface area (Å²) in [5.41, 5.74) is 1.27. The summed E-state index contributed by atoms with van der Waals surface area (Å²) in [5, 5.41) is 12.6. The molecule has 2 heteroatoms. The van der Waals surface area contributed by atoms with Crippen LogP contribution in [0.2, 0.25) is 0 Å². The highest BCUT2D eigenvalue weighted by Crippen LogP contribution is 2.17. The van der Waals surface area contributed by atoms with E-state index in [9.17, 15) is 0 Å². The highest BCUT2D eigenvalue weighted by atomic mass is 16.3. The lowest BCUT2D eigenvalue weighted by atomic mass is 10.0. The lowest BCUT2D eigenvalue weighted by Crippen LogP contribution is -2.21. The van der Waals surface area contributed by atoms with Crippen molar-refractivity contribution >= 4 is 0 Å². The maximum absolute atomic E-state index is 9.17. The van der Waals surface area contributed by atoms with Crippen LogP contribution in [0.5, 0.6) is 5.75 Å². The van der Waals surface area contributed by atoms with Crippen LogP contribution in [0.25, 0.3) is 0 Å². The number of phenols is 1. The molecule has 0 amide bonds. The van der Waals surface area contributed by atoms with Gasteiger partial charge in [-0.05, 0) is 36.6 Å². The molecule has 0 radical (unpaired) electrons. The zero-order chi connectivity index (χ0) is 11.1. The number of unbranched alkanes of at least 4 members (excludes halogenated alkanes) is 1. The van der Waals surface area contributed by atoms with Crippen molar-refractivity contribution in [3.63, 3.8) is 0 Å². The molecular formula is C13H21NO. The van der Waals surface area contributed by atoms with E-state index in [-0.39, 0.29) is 0 Å². The zero-order valence-electron chi connectivity index (χ0n) is 9.66. The first-order valence-electron chi connectivity index (χ1n) is 5.73. The van der Waals surface area contributed by atoms with E-state index < -0.39 is 0 Å². The van der Waals surface area contributed by atoms with Crippen molar-refractivity contribution in [2.75, 3.05) is 13.1 Å². The maximum Gasteiger partial charge on any atom is 0.115 e. The van der Waals surface area contributed by atoms with Gasteiger partial charge in [0, 0.05) is 6.54 Å². The lowest BCUT2D eigenvalue weighted by Gasteiger charge is -2.12. The molecule has 0 heterocycles. The molecule has 15 heavy (non-hydrogen) atoms. The van der Waals surface area contributed by atoms with Gasteiger partial charge in [0.15, 0.2) is 0 Å². The number of nitrogens with one attached hydrogen (secondary N) is 1. The third-order valence-electron chi connectivity index (χ3n) is 2.62. The molecule has 0 saturated carbocycles. The number of rotatable bonds is 6. The Morgan fingerprint density at radius 1 is 1.27 bits per heavy atom. The fraction of sp³-hybridized carbons (Fsp3) is 0.538. The number of hydrogen-bond acceptors (Lipinski definition) is 2. The van der Waals surface area contributed by atoms with Gasteiger partial charge in [0.25, 0.3) is 0 Å². The molecule has 2 nitrogen and oxygen atoms in total. The molecule has 1 aromatic rings. The van der Waals surface area contributed by atoms with Gasteiger partial charge in [-0.15, -0.1) is 0 Å². The molecule has 0 aliphatic heterocycles. The van der Waals surface area contributed by atoms with Crippen molar-refractivity contribution < 1.29 is 5.11 Å². The Labute approximate surface area is 92.3 Å². The molecule has 2 N–H and O–H groups in total. The Hall–Kier alpha value is -1.02. The third kappa shape index (κ3) is 4.34. The standard InChI is InChI=1S/C13H21NO/c1-3-4-9-14-10-11(2)12-5-7-13(15)8-6-12/h5-8,11,14-15H,3-4,9-10H2,1-2H3/t11-/m0/s1. The summed E-state index contributed by atoms with van der Waals surface area (Å²) in [6, 6.07) is 7.47. The maximum atomic E-state index is 9.17. The number of aromatic hydroxyl groups is 1. The highest BCUT2D eigenvalue weighted by molar-refractivity contribution is 5.28. The molecule has 0 fully saturated rings. The summed E-state index contributed by atoms with van der Waals surface area (Å²) in [7, 11) is 0. The first-order valence-corrected chi connectivity index (χ1v) is 5.73. The van der Waals surface area contributed by atoms with Crippen LogP contribution in [0.3, 0.4) is 0 Å². The Balaban J connectivity index is 2.33. The number of benzene rings is 1. The van der Waals surface area contributed by atoms with Crippen molar-refractivity contribution in [1.82, 2.24) is 5.32 Å². The summed E-state index contributed by atoms with van der Waals surface area (Å²) < 4.78 is 0. The van der Waals surface area contributed by atoms with Gasteiger partial charge >= 0.3 is 0 Å². The fourth-order valence-corrected chi connectivity index (χ4v) is 1.54. The van der Waals surface area contributed by atoms with Crippen LogP contribution in [0.4, 0.5) is 0 Å². The zero-order valence-corrected chi connectivity index (χ0v) is 9.66. The van der Waals surface area contributed by atoms with E-state index in [1.165, 1.54) is 18.4 Å². The van der Waals surface area contributed by atoms with Crippen molar-refractivity contribution in [2.24, 2.45) is 0 Å². The number of hydrogen-bond donors (Lipinski definition) is 2. The highest BCUT2D eigenvalue weighted by Gasteiger charge is 2.04. The summed E-state index contributed by atoms with van der Waals surface area (Å²) in [4.78, 5) is 0. The van der Waals surface area contributed by atoms with Gasteiger partial charge < -0.3 is 10.4 Å². The molecule has 1 aromatic carbocycles. The third-order valence-corrected chi connectivity index (χ3v) is 2.62. The van der Waals surface area contributed by atoms with Gasteiger partial charge in [0.05, 0.1) is 0 Å². The molecule has 0 bridgehead atoms. The smallest absolute Gasteiger partial charge is 0.115 e. The van der Waals surface area contributed by atoms with Crippen LogP contribution in [-0.4, -0.2) is 18.2 Å². The SMILES string of the molecule is CCCCNC[C@H](C)c1ccc(O)cc1. The minimum atomic E-state index is 0.338.